The summed E-state index contributed by atoms with van der Waals surface area (Å²) in [5.74, 6) is -0.160. The number of nitrogens with one attached hydrogen (secondary N) is 1. The number of nitriles is 1. The first-order valence-electron chi connectivity index (χ1n) is 8.36. The maximum Gasteiger partial charge on any atom is 0.257 e. The molecule has 5 nitrogen and oxygen atoms in total. The van der Waals surface area contributed by atoms with E-state index in [9.17, 15) is 4.79 Å². The fourth-order valence-corrected chi connectivity index (χ4v) is 3.08. The average Bonchev–Trinajstić information content (AvgIpc) is 2.92. The van der Waals surface area contributed by atoms with Gasteiger partial charge in [0.05, 0.1) is 28.6 Å². The van der Waals surface area contributed by atoms with E-state index in [4.69, 9.17) is 5.26 Å². The Morgan fingerprint density at radius 3 is 2.38 bits per heavy atom. The molecule has 1 amide bonds. The monoisotopic (exact) mass is 344 g/mol. The highest BCUT2D eigenvalue weighted by atomic mass is 16.1. The minimum atomic E-state index is -0.160. The average molecular weight is 344 g/mol. The number of rotatable bonds is 3. The number of pyridine rings is 1. The molecule has 3 aromatic rings. The van der Waals surface area contributed by atoms with Gasteiger partial charge in [0.1, 0.15) is 0 Å². The van der Waals surface area contributed by atoms with Crippen LogP contribution in [0.1, 0.15) is 38.7 Å². The van der Waals surface area contributed by atoms with Crippen LogP contribution in [0.25, 0.3) is 5.69 Å². The third kappa shape index (κ3) is 3.22. The Kier molecular flexibility index (Phi) is 4.59. The molecule has 26 heavy (non-hydrogen) atoms. The van der Waals surface area contributed by atoms with Crippen molar-refractivity contribution in [3.63, 3.8) is 0 Å². The van der Waals surface area contributed by atoms with Gasteiger partial charge in [0.25, 0.3) is 5.91 Å². The Balaban J connectivity index is 1.94. The Labute approximate surface area is 152 Å². The van der Waals surface area contributed by atoms with Gasteiger partial charge >= 0.3 is 0 Å². The van der Waals surface area contributed by atoms with Crippen LogP contribution in [-0.2, 0) is 0 Å². The summed E-state index contributed by atoms with van der Waals surface area (Å²) in [7, 11) is 0. The number of carbonyl (C=O) groups is 1. The third-order valence-electron chi connectivity index (χ3n) is 4.40. The molecule has 0 bridgehead atoms. The number of anilines is 1. The van der Waals surface area contributed by atoms with Crippen molar-refractivity contribution in [3.8, 4) is 11.8 Å². The van der Waals surface area contributed by atoms with E-state index in [0.717, 1.165) is 28.5 Å². The van der Waals surface area contributed by atoms with Crippen LogP contribution in [0.3, 0.4) is 0 Å². The molecule has 0 aliphatic carbocycles. The molecular formula is C21H20N4O. The highest BCUT2D eigenvalue weighted by molar-refractivity contribution is 6.05. The van der Waals surface area contributed by atoms with E-state index in [0.29, 0.717) is 16.8 Å². The van der Waals surface area contributed by atoms with Crippen molar-refractivity contribution < 1.29 is 4.79 Å². The van der Waals surface area contributed by atoms with Crippen LogP contribution < -0.4 is 5.32 Å². The molecule has 0 saturated carbocycles. The lowest BCUT2D eigenvalue weighted by Crippen LogP contribution is -2.14. The van der Waals surface area contributed by atoms with E-state index in [2.05, 4.69) is 16.4 Å². The summed E-state index contributed by atoms with van der Waals surface area (Å²) >= 11 is 0. The van der Waals surface area contributed by atoms with Gasteiger partial charge in [0.2, 0.25) is 0 Å². The molecule has 0 radical (unpaired) electrons. The van der Waals surface area contributed by atoms with Crippen LogP contribution in [0.5, 0.6) is 0 Å². The summed E-state index contributed by atoms with van der Waals surface area (Å²) in [6.45, 7) is 7.67. The molecule has 0 aliphatic heterocycles. The van der Waals surface area contributed by atoms with Crippen molar-refractivity contribution in [3.05, 3.63) is 76.4 Å². The number of nitrogens with zero attached hydrogens (tertiary/aromatic N) is 3. The molecule has 5 heteroatoms. The zero-order valence-corrected chi connectivity index (χ0v) is 15.3. The molecule has 1 aromatic carbocycles. The summed E-state index contributed by atoms with van der Waals surface area (Å²) in [5.41, 5.74) is 6.37. The van der Waals surface area contributed by atoms with Crippen LogP contribution in [0.15, 0.2) is 42.5 Å². The van der Waals surface area contributed by atoms with E-state index < -0.39 is 0 Å². The number of hydrogen-bond donors (Lipinski definition) is 1. The molecule has 1 N–H and O–H groups in total. The topological polar surface area (TPSA) is 70.7 Å². The third-order valence-corrected chi connectivity index (χ3v) is 4.40. The fourth-order valence-electron chi connectivity index (χ4n) is 3.08. The van der Waals surface area contributed by atoms with Crippen LogP contribution in [0.2, 0.25) is 0 Å². The Hall–Kier alpha value is -3.39. The van der Waals surface area contributed by atoms with Gasteiger partial charge in [-0.05, 0) is 70.2 Å². The Bertz CT molecular complexity index is 1020. The maximum absolute atomic E-state index is 12.8. The van der Waals surface area contributed by atoms with E-state index in [-0.39, 0.29) is 5.91 Å². The minimum Gasteiger partial charge on any atom is -0.320 e. The summed E-state index contributed by atoms with van der Waals surface area (Å²) in [4.78, 5) is 17.2. The second-order valence-corrected chi connectivity index (χ2v) is 6.32. The lowest BCUT2D eigenvalue weighted by atomic mass is 10.2. The van der Waals surface area contributed by atoms with E-state index in [1.807, 2.05) is 62.6 Å². The predicted octanol–water partition coefficient (Wildman–Crippen LogP) is 4.23. The van der Waals surface area contributed by atoms with Gasteiger partial charge < -0.3 is 9.88 Å². The molecule has 0 atom stereocenters. The summed E-state index contributed by atoms with van der Waals surface area (Å²) in [6, 6.07) is 15.1. The van der Waals surface area contributed by atoms with Crippen LogP contribution in [0, 0.1) is 39.0 Å². The van der Waals surface area contributed by atoms with Crippen molar-refractivity contribution in [1.29, 1.82) is 5.26 Å². The molecule has 2 heterocycles. The zero-order valence-electron chi connectivity index (χ0n) is 15.3. The van der Waals surface area contributed by atoms with Crippen LogP contribution >= 0.6 is 0 Å². The summed E-state index contributed by atoms with van der Waals surface area (Å²) in [5, 5.41) is 11.9. The van der Waals surface area contributed by atoms with Gasteiger partial charge in [0.15, 0.2) is 0 Å². The van der Waals surface area contributed by atoms with Gasteiger partial charge in [-0.25, -0.2) is 0 Å². The van der Waals surface area contributed by atoms with Crippen molar-refractivity contribution in [2.24, 2.45) is 0 Å². The Morgan fingerprint density at radius 2 is 1.77 bits per heavy atom. The molecule has 3 rings (SSSR count). The molecule has 2 aromatic heterocycles. The van der Waals surface area contributed by atoms with Crippen molar-refractivity contribution in [2.75, 3.05) is 5.32 Å². The lowest BCUT2D eigenvalue weighted by molar-refractivity contribution is 0.102. The minimum absolute atomic E-state index is 0.160. The summed E-state index contributed by atoms with van der Waals surface area (Å²) in [6.07, 6.45) is 0. The van der Waals surface area contributed by atoms with Gasteiger partial charge in [0, 0.05) is 22.8 Å². The molecular weight excluding hydrogens is 324 g/mol. The molecule has 0 unspecified atom stereocenters. The highest BCUT2D eigenvalue weighted by Crippen LogP contribution is 2.23. The Morgan fingerprint density at radius 1 is 1.08 bits per heavy atom. The molecule has 0 saturated heterocycles. The summed E-state index contributed by atoms with van der Waals surface area (Å²) < 4.78 is 2.01. The van der Waals surface area contributed by atoms with Crippen molar-refractivity contribution in [2.45, 2.75) is 27.7 Å². The first-order valence-corrected chi connectivity index (χ1v) is 8.36. The second-order valence-electron chi connectivity index (χ2n) is 6.32. The van der Waals surface area contributed by atoms with Gasteiger partial charge in [-0.1, -0.05) is 0 Å². The molecule has 0 fully saturated rings. The standard InChI is InChI=1S/C21H20N4O/c1-13-5-10-20(15(3)23-13)24-21(26)19-11-14(2)25(16(19)4)18-8-6-17(12-22)7-9-18/h5-11H,1-4H3,(H,24,26). The maximum atomic E-state index is 12.8. The van der Waals surface area contributed by atoms with E-state index >= 15 is 0 Å². The first-order chi connectivity index (χ1) is 12.4. The van der Waals surface area contributed by atoms with Gasteiger partial charge in [-0.15, -0.1) is 0 Å². The van der Waals surface area contributed by atoms with Crippen LogP contribution in [-0.4, -0.2) is 15.5 Å². The normalized spacial score (nSPS) is 10.4. The highest BCUT2D eigenvalue weighted by Gasteiger charge is 2.17. The lowest BCUT2D eigenvalue weighted by Gasteiger charge is -2.11. The SMILES string of the molecule is Cc1ccc(NC(=O)c2cc(C)n(-c3ccc(C#N)cc3)c2C)c(C)n1. The number of aromatic nitrogens is 2. The first kappa shape index (κ1) is 17.4. The van der Waals surface area contributed by atoms with Gasteiger partial charge in [-0.2, -0.15) is 5.26 Å². The molecule has 0 spiro atoms. The number of aryl methyl sites for hydroxylation is 3. The van der Waals surface area contributed by atoms with E-state index in [1.165, 1.54) is 0 Å². The smallest absolute Gasteiger partial charge is 0.257 e. The molecule has 0 aliphatic rings. The van der Waals surface area contributed by atoms with Crippen molar-refractivity contribution >= 4 is 11.6 Å². The number of hydrogen-bond acceptors (Lipinski definition) is 3. The number of carbonyl (C=O) groups excluding carboxylic acids is 1. The predicted molar refractivity (Wildman–Crippen MR) is 102 cm³/mol. The van der Waals surface area contributed by atoms with Gasteiger partial charge in [-0.3, -0.25) is 9.78 Å². The zero-order chi connectivity index (χ0) is 18.8. The van der Waals surface area contributed by atoms with Crippen molar-refractivity contribution in [1.82, 2.24) is 9.55 Å². The number of amides is 1. The van der Waals surface area contributed by atoms with Crippen LogP contribution in [0.4, 0.5) is 5.69 Å². The molecule has 130 valence electrons. The number of benzene rings is 1. The quantitative estimate of drug-likeness (QED) is 0.773. The fraction of sp³-hybridized carbons (Fsp3) is 0.190. The van der Waals surface area contributed by atoms with E-state index in [1.54, 1.807) is 12.1 Å². The second kappa shape index (κ2) is 6.85. The largest absolute Gasteiger partial charge is 0.320 e.